The van der Waals surface area contributed by atoms with Crippen molar-refractivity contribution in [1.29, 1.82) is 0 Å². The zero-order valence-electron chi connectivity index (χ0n) is 11.4. The molecule has 1 aromatic carbocycles. The predicted molar refractivity (Wildman–Crippen MR) is 82.0 cm³/mol. The number of nitrogens with zero attached hydrogens (tertiary/aromatic N) is 3. The van der Waals surface area contributed by atoms with E-state index in [2.05, 4.69) is 9.97 Å². The molecule has 0 amide bonds. The van der Waals surface area contributed by atoms with Gasteiger partial charge in [-0.25, -0.2) is 9.97 Å². The number of carboxylic acids is 1. The lowest BCUT2D eigenvalue weighted by Gasteiger charge is -2.07. The van der Waals surface area contributed by atoms with Gasteiger partial charge in [-0.15, -0.1) is 0 Å². The van der Waals surface area contributed by atoms with Crippen LogP contribution >= 0.6 is 11.8 Å². The van der Waals surface area contributed by atoms with Crippen molar-refractivity contribution in [3.05, 3.63) is 48.2 Å². The Morgan fingerprint density at radius 3 is 2.76 bits per heavy atom. The van der Waals surface area contributed by atoms with E-state index < -0.39 is 5.97 Å². The van der Waals surface area contributed by atoms with Crippen molar-refractivity contribution < 1.29 is 9.90 Å². The number of hydrogen-bond acceptors (Lipinski definition) is 4. The summed E-state index contributed by atoms with van der Waals surface area (Å²) in [4.78, 5) is 19.7. The van der Waals surface area contributed by atoms with Gasteiger partial charge in [-0.2, -0.15) is 0 Å². The lowest BCUT2D eigenvalue weighted by molar-refractivity contribution is -0.133. The van der Waals surface area contributed by atoms with E-state index in [4.69, 9.17) is 5.11 Å². The van der Waals surface area contributed by atoms with E-state index >= 15 is 0 Å². The van der Waals surface area contributed by atoms with E-state index in [1.165, 1.54) is 11.8 Å². The molecule has 0 radical (unpaired) electrons. The van der Waals surface area contributed by atoms with Gasteiger partial charge >= 0.3 is 5.97 Å². The first-order valence-corrected chi connectivity index (χ1v) is 7.39. The van der Waals surface area contributed by atoms with E-state index in [-0.39, 0.29) is 5.75 Å². The van der Waals surface area contributed by atoms with Gasteiger partial charge < -0.3 is 5.11 Å². The molecule has 3 rings (SSSR count). The average molecular weight is 299 g/mol. The molecule has 0 atom stereocenters. The normalized spacial score (nSPS) is 10.9. The summed E-state index contributed by atoms with van der Waals surface area (Å²) in [6.45, 7) is 2.02. The molecular weight excluding hydrogens is 286 g/mol. The second-order valence-corrected chi connectivity index (χ2v) is 5.54. The van der Waals surface area contributed by atoms with Crippen molar-refractivity contribution in [2.45, 2.75) is 12.1 Å². The molecule has 21 heavy (non-hydrogen) atoms. The molecule has 0 aliphatic rings. The van der Waals surface area contributed by atoms with Crippen LogP contribution in [0.1, 0.15) is 5.56 Å². The summed E-state index contributed by atoms with van der Waals surface area (Å²) < 4.78 is 1.89. The predicted octanol–water partition coefficient (Wildman–Crippen LogP) is 2.91. The number of carboxylic acid groups (broad SMARTS) is 1. The molecule has 0 aliphatic carbocycles. The average Bonchev–Trinajstić information content (AvgIpc) is 2.84. The molecule has 6 heteroatoms. The van der Waals surface area contributed by atoms with Crippen LogP contribution < -0.4 is 0 Å². The van der Waals surface area contributed by atoms with Crippen LogP contribution in [0, 0.1) is 6.92 Å². The fraction of sp³-hybridized carbons (Fsp3) is 0.133. The lowest BCUT2D eigenvalue weighted by atomic mass is 10.2. The number of rotatable bonds is 4. The third-order valence-electron chi connectivity index (χ3n) is 3.00. The largest absolute Gasteiger partial charge is 0.481 e. The monoisotopic (exact) mass is 299 g/mol. The smallest absolute Gasteiger partial charge is 0.313 e. The summed E-state index contributed by atoms with van der Waals surface area (Å²) in [5.41, 5.74) is 3.57. The maximum absolute atomic E-state index is 10.8. The summed E-state index contributed by atoms with van der Waals surface area (Å²) in [7, 11) is 0. The van der Waals surface area contributed by atoms with Gasteiger partial charge in [-0.1, -0.05) is 29.5 Å². The summed E-state index contributed by atoms with van der Waals surface area (Å²) in [5, 5.41) is 9.51. The lowest BCUT2D eigenvalue weighted by Crippen LogP contribution is -2.02. The number of aryl methyl sites for hydroxylation is 1. The van der Waals surface area contributed by atoms with Crippen molar-refractivity contribution in [3.63, 3.8) is 0 Å². The molecule has 2 aromatic heterocycles. The first kappa shape index (κ1) is 13.6. The molecule has 0 saturated heterocycles. The van der Waals surface area contributed by atoms with Gasteiger partial charge in [0.05, 0.1) is 5.75 Å². The van der Waals surface area contributed by atoms with E-state index in [0.717, 1.165) is 22.4 Å². The minimum Gasteiger partial charge on any atom is -0.481 e. The molecule has 2 heterocycles. The van der Waals surface area contributed by atoms with E-state index in [0.29, 0.717) is 5.16 Å². The summed E-state index contributed by atoms with van der Waals surface area (Å²) in [6, 6.07) is 11.7. The molecule has 0 saturated carbocycles. The van der Waals surface area contributed by atoms with Gasteiger partial charge in [-0.3, -0.25) is 9.36 Å². The van der Waals surface area contributed by atoms with Crippen LogP contribution in [0.3, 0.4) is 0 Å². The van der Waals surface area contributed by atoms with Crippen LogP contribution in [-0.4, -0.2) is 31.4 Å². The Morgan fingerprint density at radius 1 is 1.29 bits per heavy atom. The zero-order valence-corrected chi connectivity index (χ0v) is 12.2. The van der Waals surface area contributed by atoms with Gasteiger partial charge in [-0.05, 0) is 31.2 Å². The molecule has 0 fully saturated rings. The fourth-order valence-electron chi connectivity index (χ4n) is 2.04. The van der Waals surface area contributed by atoms with Gasteiger partial charge in [0.2, 0.25) is 0 Å². The van der Waals surface area contributed by atoms with Crippen LogP contribution in [0.4, 0.5) is 0 Å². The Morgan fingerprint density at radius 2 is 2.05 bits per heavy atom. The Hall–Kier alpha value is -2.34. The van der Waals surface area contributed by atoms with Crippen molar-refractivity contribution in [2.24, 2.45) is 0 Å². The number of aliphatic carboxylic acids is 1. The molecule has 0 aliphatic heterocycles. The molecule has 106 valence electrons. The molecule has 0 unspecified atom stereocenters. The Kier molecular flexibility index (Phi) is 3.62. The SMILES string of the molecule is Cc1ccc(-n2c(SCC(=O)O)nc3cccnc32)cc1. The molecular formula is C15H13N3O2S. The second kappa shape index (κ2) is 5.57. The van der Waals surface area contributed by atoms with Crippen LogP contribution in [0.15, 0.2) is 47.8 Å². The minimum absolute atomic E-state index is 0.0326. The van der Waals surface area contributed by atoms with Gasteiger partial charge in [0.25, 0.3) is 0 Å². The van der Waals surface area contributed by atoms with Gasteiger partial charge in [0, 0.05) is 11.9 Å². The van der Waals surface area contributed by atoms with Crippen molar-refractivity contribution in [3.8, 4) is 5.69 Å². The standard InChI is InChI=1S/C15H13N3O2S/c1-10-4-6-11(7-5-10)18-14-12(3-2-8-16-14)17-15(18)21-9-13(19)20/h2-8H,9H2,1H3,(H,19,20). The maximum atomic E-state index is 10.8. The third kappa shape index (κ3) is 2.75. The highest BCUT2D eigenvalue weighted by Gasteiger charge is 2.14. The topological polar surface area (TPSA) is 68.0 Å². The first-order valence-electron chi connectivity index (χ1n) is 6.40. The highest BCUT2D eigenvalue weighted by atomic mass is 32.2. The van der Waals surface area contributed by atoms with E-state index in [9.17, 15) is 4.79 Å². The Bertz CT molecular complexity index is 796. The van der Waals surface area contributed by atoms with E-state index in [1.54, 1.807) is 6.20 Å². The molecule has 0 spiro atoms. The number of fused-ring (bicyclic) bond motifs is 1. The number of hydrogen-bond donors (Lipinski definition) is 1. The number of aromatic nitrogens is 3. The van der Waals surface area contributed by atoms with Crippen molar-refractivity contribution >= 4 is 28.9 Å². The molecule has 5 nitrogen and oxygen atoms in total. The van der Waals surface area contributed by atoms with Crippen LogP contribution in [0.25, 0.3) is 16.9 Å². The molecule has 0 bridgehead atoms. The number of thioether (sulfide) groups is 1. The third-order valence-corrected chi connectivity index (χ3v) is 3.93. The van der Waals surface area contributed by atoms with Crippen LogP contribution in [0.2, 0.25) is 0 Å². The van der Waals surface area contributed by atoms with Crippen LogP contribution in [0.5, 0.6) is 0 Å². The van der Waals surface area contributed by atoms with E-state index in [1.807, 2.05) is 47.9 Å². The quantitative estimate of drug-likeness (QED) is 0.750. The number of benzene rings is 1. The Balaban J connectivity index is 2.15. The number of imidazole rings is 1. The summed E-state index contributed by atoms with van der Waals surface area (Å²) >= 11 is 1.19. The number of pyridine rings is 1. The minimum atomic E-state index is -0.865. The highest BCUT2D eigenvalue weighted by molar-refractivity contribution is 7.99. The van der Waals surface area contributed by atoms with Crippen molar-refractivity contribution in [1.82, 2.24) is 14.5 Å². The zero-order chi connectivity index (χ0) is 14.8. The first-order chi connectivity index (χ1) is 10.1. The fourth-order valence-corrected chi connectivity index (χ4v) is 2.78. The highest BCUT2D eigenvalue weighted by Crippen LogP contribution is 2.26. The molecule has 1 N–H and O–H groups in total. The van der Waals surface area contributed by atoms with Crippen LogP contribution in [-0.2, 0) is 4.79 Å². The van der Waals surface area contributed by atoms with Gasteiger partial charge in [0.15, 0.2) is 10.8 Å². The summed E-state index contributed by atoms with van der Waals surface area (Å²) in [5.74, 6) is -0.898. The maximum Gasteiger partial charge on any atom is 0.313 e. The number of carbonyl (C=O) groups is 1. The van der Waals surface area contributed by atoms with Crippen molar-refractivity contribution in [2.75, 3.05) is 5.75 Å². The Labute approximate surface area is 125 Å². The van der Waals surface area contributed by atoms with Gasteiger partial charge in [0.1, 0.15) is 5.52 Å². The second-order valence-electron chi connectivity index (χ2n) is 4.59. The molecule has 3 aromatic rings. The summed E-state index contributed by atoms with van der Waals surface area (Å²) in [6.07, 6.45) is 1.71.